The summed E-state index contributed by atoms with van der Waals surface area (Å²) in [5.41, 5.74) is 2.05. The molecule has 15 heteroatoms. The van der Waals surface area contributed by atoms with Crippen molar-refractivity contribution in [3.05, 3.63) is 40.4 Å². The molecule has 0 spiro atoms. The van der Waals surface area contributed by atoms with Crippen LogP contribution in [-0.4, -0.2) is 80.2 Å². The highest BCUT2D eigenvalue weighted by atomic mass is 32.2. The summed E-state index contributed by atoms with van der Waals surface area (Å²) in [5.74, 6) is -1.81. The van der Waals surface area contributed by atoms with Crippen LogP contribution in [0.1, 0.15) is 20.8 Å². The van der Waals surface area contributed by atoms with Crippen molar-refractivity contribution in [1.29, 1.82) is 0 Å². The number of hydrogen-bond donors (Lipinski definition) is 2. The lowest BCUT2D eigenvalue weighted by molar-refractivity contribution is -0.274. The van der Waals surface area contributed by atoms with E-state index >= 15 is 0 Å². The third-order valence-electron chi connectivity index (χ3n) is 6.56. The van der Waals surface area contributed by atoms with E-state index in [1.165, 1.54) is 18.3 Å². The van der Waals surface area contributed by atoms with E-state index in [1.54, 1.807) is 6.07 Å². The summed E-state index contributed by atoms with van der Waals surface area (Å²) in [4.78, 5) is 24.6. The first-order valence-electron chi connectivity index (χ1n) is 11.9. The van der Waals surface area contributed by atoms with Crippen molar-refractivity contribution < 1.29 is 36.2 Å². The minimum Gasteiger partial charge on any atom is -0.477 e. The summed E-state index contributed by atoms with van der Waals surface area (Å²) in [6.45, 7) is 2.96. The van der Waals surface area contributed by atoms with Gasteiger partial charge in [0.1, 0.15) is 9.09 Å². The fraction of sp³-hybridized carbons (Fsp3) is 0.375. The molecule has 0 amide bonds. The number of anilines is 3. The molecule has 10 nitrogen and oxygen atoms in total. The number of aromatic carboxylic acids is 1. The number of ether oxygens (including phenoxy) is 1. The molecule has 2 N–H and O–H groups in total. The van der Waals surface area contributed by atoms with Gasteiger partial charge in [0, 0.05) is 49.9 Å². The van der Waals surface area contributed by atoms with Crippen LogP contribution >= 0.6 is 11.3 Å². The zero-order valence-electron chi connectivity index (χ0n) is 20.9. The number of piperazine rings is 1. The minimum absolute atomic E-state index is 0.0281. The second-order valence-electron chi connectivity index (χ2n) is 9.36. The monoisotopic (exact) mass is 583 g/mol. The Morgan fingerprint density at radius 2 is 1.90 bits per heavy atom. The van der Waals surface area contributed by atoms with Gasteiger partial charge in [0.25, 0.3) is 0 Å². The smallest absolute Gasteiger partial charge is 0.477 e. The zero-order chi connectivity index (χ0) is 28.1. The topological polar surface area (TPSA) is 125 Å². The van der Waals surface area contributed by atoms with Gasteiger partial charge in [-0.15, -0.1) is 24.5 Å². The van der Waals surface area contributed by atoms with Gasteiger partial charge < -0.3 is 25.0 Å². The number of halogens is 3. The van der Waals surface area contributed by atoms with Gasteiger partial charge in [0.15, 0.2) is 15.6 Å². The van der Waals surface area contributed by atoms with Crippen molar-refractivity contribution in [3.8, 4) is 17.0 Å². The van der Waals surface area contributed by atoms with Gasteiger partial charge in [-0.1, -0.05) is 0 Å². The number of carboxylic acids is 1. The molecule has 208 valence electrons. The Morgan fingerprint density at radius 3 is 2.54 bits per heavy atom. The number of nitrogens with one attached hydrogen (secondary N) is 1. The first-order valence-corrected chi connectivity index (χ1v) is 14.6. The molecule has 39 heavy (non-hydrogen) atoms. The molecule has 3 heterocycles. The Labute approximate surface area is 226 Å². The molecule has 0 saturated carbocycles. The van der Waals surface area contributed by atoms with Gasteiger partial charge in [0.2, 0.25) is 5.95 Å². The van der Waals surface area contributed by atoms with E-state index in [0.29, 0.717) is 54.1 Å². The van der Waals surface area contributed by atoms with E-state index in [0.717, 1.165) is 19.3 Å². The third-order valence-corrected chi connectivity index (χ3v) is 9.61. The van der Waals surface area contributed by atoms with Gasteiger partial charge in [0.05, 0.1) is 11.4 Å². The standard InChI is InChI=1S/C24H24F3N5O5S2/c1-31-7-9-32(10-8-31)14-4-6-17(37-24(25,26)27)16(11-14)29-23-28-12-13-3-5-15-18(19(13)30-23)22(39(2,35)36)38-20(15)21(33)34/h4,6,11-12H,3,5,7-10H2,1-2H3,(H,33,34)(H,28,29,30). The van der Waals surface area contributed by atoms with Gasteiger partial charge in [-0.05, 0) is 49.2 Å². The molecule has 1 aliphatic carbocycles. The first kappa shape index (κ1) is 27.1. The van der Waals surface area contributed by atoms with Gasteiger partial charge in [-0.2, -0.15) is 0 Å². The van der Waals surface area contributed by atoms with E-state index < -0.39 is 27.9 Å². The number of carbonyl (C=O) groups is 1. The highest BCUT2D eigenvalue weighted by Gasteiger charge is 2.34. The average molecular weight is 584 g/mol. The summed E-state index contributed by atoms with van der Waals surface area (Å²) >= 11 is 0.668. The van der Waals surface area contributed by atoms with E-state index in [-0.39, 0.29) is 32.0 Å². The van der Waals surface area contributed by atoms with Gasteiger partial charge >= 0.3 is 12.3 Å². The highest BCUT2D eigenvalue weighted by molar-refractivity contribution is 7.93. The quantitative estimate of drug-likeness (QED) is 0.443. The van der Waals surface area contributed by atoms with E-state index in [2.05, 4.69) is 24.9 Å². The number of likely N-dealkylation sites (N-methyl/N-ethyl adjacent to an activating group) is 1. The van der Waals surface area contributed by atoms with Crippen molar-refractivity contribution in [2.75, 3.05) is 49.7 Å². The lowest BCUT2D eigenvalue weighted by Gasteiger charge is -2.34. The molecule has 0 unspecified atom stereocenters. The maximum atomic E-state index is 13.2. The van der Waals surface area contributed by atoms with Crippen LogP contribution in [0.4, 0.5) is 30.5 Å². The number of fused-ring (bicyclic) bond motifs is 3. The van der Waals surface area contributed by atoms with E-state index in [1.807, 2.05) is 11.9 Å². The van der Waals surface area contributed by atoms with Crippen LogP contribution in [0.2, 0.25) is 0 Å². The fourth-order valence-electron chi connectivity index (χ4n) is 4.69. The highest BCUT2D eigenvalue weighted by Crippen LogP contribution is 2.44. The first-order chi connectivity index (χ1) is 18.3. The van der Waals surface area contributed by atoms with E-state index in [4.69, 9.17) is 0 Å². The number of aryl methyl sites for hydroxylation is 1. The average Bonchev–Trinajstić information content (AvgIpc) is 3.26. The molecule has 3 aromatic rings. The molecule has 1 aliphatic heterocycles. The van der Waals surface area contributed by atoms with Crippen molar-refractivity contribution in [2.45, 2.75) is 23.4 Å². The number of aromatic nitrogens is 2. The molecule has 2 aliphatic rings. The van der Waals surface area contributed by atoms with Crippen LogP contribution in [0.5, 0.6) is 5.75 Å². The molecular formula is C24H24F3N5O5S2. The second kappa shape index (κ2) is 9.95. The van der Waals surface area contributed by atoms with Crippen molar-refractivity contribution in [2.24, 2.45) is 0 Å². The minimum atomic E-state index is -4.94. The summed E-state index contributed by atoms with van der Waals surface area (Å²) in [6.07, 6.45) is -1.81. The van der Waals surface area contributed by atoms with E-state index in [9.17, 15) is 31.5 Å². The maximum Gasteiger partial charge on any atom is 0.573 e. The molecule has 0 radical (unpaired) electrons. The van der Waals surface area contributed by atoms with Crippen LogP contribution in [0.15, 0.2) is 28.6 Å². The Bertz CT molecular complexity index is 1550. The Balaban J connectivity index is 1.56. The molecule has 2 aromatic heterocycles. The number of sulfone groups is 1. The number of thiophene rings is 1. The predicted molar refractivity (Wildman–Crippen MR) is 139 cm³/mol. The summed E-state index contributed by atoms with van der Waals surface area (Å²) in [5, 5.41) is 12.5. The maximum absolute atomic E-state index is 13.2. The molecule has 1 fully saturated rings. The van der Waals surface area contributed by atoms with Crippen molar-refractivity contribution >= 4 is 44.5 Å². The predicted octanol–water partition coefficient (Wildman–Crippen LogP) is 3.80. The SMILES string of the molecule is CN1CCN(c2ccc(OC(F)(F)F)c(Nc3ncc4c(n3)-c3c(S(C)(=O)=O)sc(C(=O)O)c3CC4)c2)CC1. The molecular weight excluding hydrogens is 559 g/mol. The van der Waals surface area contributed by atoms with Crippen molar-refractivity contribution in [1.82, 2.24) is 14.9 Å². The Kier molecular flexibility index (Phi) is 6.93. The lowest BCUT2D eigenvalue weighted by Crippen LogP contribution is -2.44. The van der Waals surface area contributed by atoms with Gasteiger partial charge in [-0.25, -0.2) is 23.2 Å². The zero-order valence-corrected chi connectivity index (χ0v) is 22.5. The number of benzene rings is 1. The lowest BCUT2D eigenvalue weighted by atomic mass is 9.91. The Hall–Kier alpha value is -3.43. The summed E-state index contributed by atoms with van der Waals surface area (Å²) < 4.78 is 68.7. The number of nitrogens with zero attached hydrogens (tertiary/aromatic N) is 4. The summed E-state index contributed by atoms with van der Waals surface area (Å²) in [6, 6.07) is 4.30. The third kappa shape index (κ3) is 5.65. The molecule has 5 rings (SSSR count). The molecule has 1 aromatic carbocycles. The van der Waals surface area contributed by atoms with Crippen LogP contribution in [0.25, 0.3) is 11.3 Å². The van der Waals surface area contributed by atoms with Crippen LogP contribution < -0.4 is 15.0 Å². The molecule has 0 atom stereocenters. The van der Waals surface area contributed by atoms with Crippen LogP contribution in [-0.2, 0) is 22.7 Å². The number of rotatable bonds is 6. The molecule has 0 bridgehead atoms. The van der Waals surface area contributed by atoms with Crippen LogP contribution in [0.3, 0.4) is 0 Å². The molecule has 1 saturated heterocycles. The number of alkyl halides is 3. The van der Waals surface area contributed by atoms with Crippen molar-refractivity contribution in [3.63, 3.8) is 0 Å². The summed E-state index contributed by atoms with van der Waals surface area (Å²) in [7, 11) is -1.81. The van der Waals surface area contributed by atoms with Gasteiger partial charge in [-0.3, -0.25) is 0 Å². The second-order valence-corrected chi connectivity index (χ2v) is 12.6. The normalized spacial score (nSPS) is 16.0. The number of carboxylic acid groups (broad SMARTS) is 1. The fourth-order valence-corrected chi connectivity index (χ4v) is 7.06. The van der Waals surface area contributed by atoms with Crippen LogP contribution in [0, 0.1) is 0 Å². The largest absolute Gasteiger partial charge is 0.573 e. The Morgan fingerprint density at radius 1 is 1.18 bits per heavy atom. The number of hydrogen-bond acceptors (Lipinski definition) is 10.